The summed E-state index contributed by atoms with van der Waals surface area (Å²) in [6.07, 6.45) is 0.502. The molecular formula is C21H25F2N5O2. The van der Waals surface area contributed by atoms with Crippen molar-refractivity contribution < 1.29 is 18.3 Å². The van der Waals surface area contributed by atoms with Gasteiger partial charge in [0.25, 0.3) is 12.2 Å². The molecule has 1 fully saturated rings. The second-order valence-electron chi connectivity index (χ2n) is 7.37. The second-order valence-corrected chi connectivity index (χ2v) is 7.37. The van der Waals surface area contributed by atoms with Gasteiger partial charge in [0.15, 0.2) is 11.5 Å². The van der Waals surface area contributed by atoms with Gasteiger partial charge in [0.1, 0.15) is 12.0 Å². The molecule has 0 N–H and O–H groups in total. The van der Waals surface area contributed by atoms with Crippen LogP contribution in [0.3, 0.4) is 0 Å². The number of halogens is 2. The first-order valence-electron chi connectivity index (χ1n) is 10.1. The summed E-state index contributed by atoms with van der Waals surface area (Å²) in [4.78, 5) is 10.8. The number of ether oxygens (including phenoxy) is 2. The molecule has 0 spiro atoms. The number of methoxy groups -OCH3 is 1. The molecule has 0 amide bonds. The minimum absolute atomic E-state index is 0.0718. The third-order valence-electron chi connectivity index (χ3n) is 5.38. The number of benzene rings is 1. The van der Waals surface area contributed by atoms with Gasteiger partial charge in [-0.15, -0.1) is 0 Å². The summed E-state index contributed by atoms with van der Waals surface area (Å²) in [5, 5.41) is 3.86. The van der Waals surface area contributed by atoms with Crippen molar-refractivity contribution in [3.8, 4) is 11.5 Å². The van der Waals surface area contributed by atoms with Crippen LogP contribution in [0.15, 0.2) is 30.6 Å². The Morgan fingerprint density at radius 3 is 2.87 bits per heavy atom. The van der Waals surface area contributed by atoms with Crippen molar-refractivity contribution in [2.75, 3.05) is 26.8 Å². The third kappa shape index (κ3) is 4.21. The van der Waals surface area contributed by atoms with E-state index in [1.807, 2.05) is 25.1 Å². The van der Waals surface area contributed by atoms with Gasteiger partial charge >= 0.3 is 0 Å². The van der Waals surface area contributed by atoms with Gasteiger partial charge in [0.05, 0.1) is 19.4 Å². The normalized spacial score (nSPS) is 17.6. The van der Waals surface area contributed by atoms with Crippen molar-refractivity contribution in [2.45, 2.75) is 38.7 Å². The maximum absolute atomic E-state index is 13.5. The van der Waals surface area contributed by atoms with E-state index in [2.05, 4.69) is 20.0 Å². The highest BCUT2D eigenvalue weighted by Crippen LogP contribution is 2.32. The first-order valence-corrected chi connectivity index (χ1v) is 10.1. The lowest BCUT2D eigenvalue weighted by Gasteiger charge is -2.32. The number of hydrogen-bond donors (Lipinski definition) is 0. The molecule has 0 radical (unpaired) electrons. The van der Waals surface area contributed by atoms with Crippen LogP contribution in [0.1, 0.15) is 49.1 Å². The van der Waals surface area contributed by atoms with Gasteiger partial charge in [-0.1, -0.05) is 6.07 Å². The zero-order valence-electron chi connectivity index (χ0n) is 17.1. The van der Waals surface area contributed by atoms with E-state index in [9.17, 15) is 8.78 Å². The number of aromatic nitrogens is 4. The van der Waals surface area contributed by atoms with Crippen LogP contribution in [0, 0.1) is 0 Å². The minimum atomic E-state index is -2.63. The van der Waals surface area contributed by atoms with Gasteiger partial charge in [0, 0.05) is 19.0 Å². The summed E-state index contributed by atoms with van der Waals surface area (Å²) < 4.78 is 39.1. The van der Waals surface area contributed by atoms with Crippen molar-refractivity contribution in [2.24, 2.45) is 0 Å². The van der Waals surface area contributed by atoms with Gasteiger partial charge in [-0.05, 0) is 50.1 Å². The van der Waals surface area contributed by atoms with E-state index in [1.165, 1.54) is 12.4 Å². The van der Waals surface area contributed by atoms with E-state index in [1.54, 1.807) is 7.11 Å². The average Bonchev–Trinajstić information content (AvgIpc) is 3.23. The van der Waals surface area contributed by atoms with E-state index in [-0.39, 0.29) is 17.4 Å². The Kier molecular flexibility index (Phi) is 6.08. The lowest BCUT2D eigenvalue weighted by atomic mass is 9.93. The largest absolute Gasteiger partial charge is 0.493 e. The first-order chi connectivity index (χ1) is 14.6. The standard InChI is InChI=1S/C21H25F2N5O2/c1-3-30-18-7-6-14(9-19(18)29-2)11-27-8-4-5-15(12-27)16-10-17(20(22)23)28-21(26-16)24-13-25-28/h6-7,9-10,13,15,20H,3-5,8,11-12H2,1-2H3/t15-/m0/s1. The molecule has 160 valence electrons. The predicted molar refractivity (Wildman–Crippen MR) is 107 cm³/mol. The number of likely N-dealkylation sites (tertiary alicyclic amines) is 1. The molecule has 4 rings (SSSR count). The Hall–Kier alpha value is -2.81. The molecule has 3 aromatic rings. The summed E-state index contributed by atoms with van der Waals surface area (Å²) in [5.74, 6) is 1.73. The van der Waals surface area contributed by atoms with Crippen molar-refractivity contribution >= 4 is 5.78 Å². The Labute approximate surface area is 173 Å². The lowest BCUT2D eigenvalue weighted by Crippen LogP contribution is -2.34. The highest BCUT2D eigenvalue weighted by atomic mass is 19.3. The molecular weight excluding hydrogens is 392 g/mol. The van der Waals surface area contributed by atoms with Crippen molar-refractivity contribution in [3.05, 3.63) is 47.5 Å². The highest BCUT2D eigenvalue weighted by Gasteiger charge is 2.25. The number of rotatable bonds is 7. The number of piperidine rings is 1. The summed E-state index contributed by atoms with van der Waals surface area (Å²) in [6, 6.07) is 7.42. The van der Waals surface area contributed by atoms with E-state index in [0.717, 1.165) is 48.3 Å². The molecule has 3 heterocycles. The zero-order valence-corrected chi connectivity index (χ0v) is 17.1. The molecule has 0 aliphatic carbocycles. The van der Waals surface area contributed by atoms with E-state index >= 15 is 0 Å². The average molecular weight is 417 g/mol. The lowest BCUT2D eigenvalue weighted by molar-refractivity contribution is 0.142. The molecule has 1 atom stereocenters. The van der Waals surface area contributed by atoms with Gasteiger partial charge < -0.3 is 9.47 Å². The summed E-state index contributed by atoms with van der Waals surface area (Å²) >= 11 is 0. The van der Waals surface area contributed by atoms with Gasteiger partial charge in [-0.2, -0.15) is 14.6 Å². The number of nitrogens with zero attached hydrogens (tertiary/aromatic N) is 5. The molecule has 7 nitrogen and oxygen atoms in total. The van der Waals surface area contributed by atoms with Crippen LogP contribution in [-0.4, -0.2) is 51.3 Å². The highest BCUT2D eigenvalue weighted by molar-refractivity contribution is 5.43. The Morgan fingerprint density at radius 1 is 1.23 bits per heavy atom. The molecule has 1 aliphatic rings. The second kappa shape index (κ2) is 8.91. The van der Waals surface area contributed by atoms with Crippen LogP contribution in [0.5, 0.6) is 11.5 Å². The molecule has 9 heteroatoms. The Balaban J connectivity index is 1.52. The monoisotopic (exact) mass is 417 g/mol. The van der Waals surface area contributed by atoms with Crippen LogP contribution in [0.25, 0.3) is 5.78 Å². The first kappa shape index (κ1) is 20.5. The zero-order chi connectivity index (χ0) is 21.1. The molecule has 0 unspecified atom stereocenters. The SMILES string of the molecule is CCOc1ccc(CN2CCC[C@H](c3cc(C(F)F)n4ncnc4n3)C2)cc1OC. The number of alkyl halides is 2. The molecule has 0 saturated carbocycles. The maximum atomic E-state index is 13.5. The summed E-state index contributed by atoms with van der Waals surface area (Å²) in [7, 11) is 1.63. The molecule has 2 aromatic heterocycles. The number of hydrogen-bond acceptors (Lipinski definition) is 6. The maximum Gasteiger partial charge on any atom is 0.280 e. The minimum Gasteiger partial charge on any atom is -0.493 e. The van der Waals surface area contributed by atoms with Crippen molar-refractivity contribution in [3.63, 3.8) is 0 Å². The van der Waals surface area contributed by atoms with E-state index < -0.39 is 6.43 Å². The Bertz CT molecular complexity index is 1010. The van der Waals surface area contributed by atoms with Gasteiger partial charge in [-0.25, -0.2) is 13.8 Å². The van der Waals surface area contributed by atoms with E-state index in [4.69, 9.17) is 9.47 Å². The van der Waals surface area contributed by atoms with Gasteiger partial charge in [-0.3, -0.25) is 4.90 Å². The third-order valence-corrected chi connectivity index (χ3v) is 5.38. The summed E-state index contributed by atoms with van der Waals surface area (Å²) in [5.41, 5.74) is 1.60. The van der Waals surface area contributed by atoms with Crippen LogP contribution in [0.2, 0.25) is 0 Å². The predicted octanol–water partition coefficient (Wildman–Crippen LogP) is 3.85. The fraction of sp³-hybridized carbons (Fsp3) is 0.476. The Morgan fingerprint density at radius 2 is 2.10 bits per heavy atom. The fourth-order valence-electron chi connectivity index (χ4n) is 4.00. The fourth-order valence-corrected chi connectivity index (χ4v) is 4.00. The molecule has 30 heavy (non-hydrogen) atoms. The van der Waals surface area contributed by atoms with E-state index in [0.29, 0.717) is 18.1 Å². The quantitative estimate of drug-likeness (QED) is 0.582. The molecule has 1 aromatic carbocycles. The van der Waals surface area contributed by atoms with Crippen LogP contribution < -0.4 is 9.47 Å². The smallest absolute Gasteiger partial charge is 0.280 e. The molecule has 1 saturated heterocycles. The topological polar surface area (TPSA) is 64.8 Å². The van der Waals surface area contributed by atoms with Crippen molar-refractivity contribution in [1.29, 1.82) is 0 Å². The van der Waals surface area contributed by atoms with Gasteiger partial charge in [0.2, 0.25) is 0 Å². The van der Waals surface area contributed by atoms with Crippen LogP contribution >= 0.6 is 0 Å². The number of fused-ring (bicyclic) bond motifs is 1. The molecule has 0 bridgehead atoms. The van der Waals surface area contributed by atoms with Crippen LogP contribution in [-0.2, 0) is 6.54 Å². The summed E-state index contributed by atoms with van der Waals surface area (Å²) in [6.45, 7) is 4.95. The van der Waals surface area contributed by atoms with Crippen LogP contribution in [0.4, 0.5) is 8.78 Å². The van der Waals surface area contributed by atoms with Crippen molar-refractivity contribution in [1.82, 2.24) is 24.5 Å². The molecule has 1 aliphatic heterocycles.